The van der Waals surface area contributed by atoms with Crippen LogP contribution in [0.4, 0.5) is 0 Å². The Labute approximate surface area is 191 Å². The molecule has 2 aromatic rings. The first-order chi connectivity index (χ1) is 13.8. The lowest BCUT2D eigenvalue weighted by molar-refractivity contribution is 0.105. The Bertz CT molecular complexity index is 741. The molecule has 0 amide bonds. The lowest BCUT2D eigenvalue weighted by Crippen LogP contribution is -2.43. The molecule has 1 aromatic heterocycles. The molecule has 0 saturated heterocycles. The molecule has 7 heteroatoms. The zero-order valence-corrected chi connectivity index (χ0v) is 19.9. The number of benzene rings is 1. The van der Waals surface area contributed by atoms with Gasteiger partial charge in [-0.25, -0.2) is 4.98 Å². The summed E-state index contributed by atoms with van der Waals surface area (Å²) in [5.74, 6) is 0.850. The van der Waals surface area contributed by atoms with E-state index < -0.39 is 0 Å². The van der Waals surface area contributed by atoms with Crippen molar-refractivity contribution < 1.29 is 4.74 Å². The number of guanidine groups is 1. The quantitative estimate of drug-likeness (QED) is 0.230. The smallest absolute Gasteiger partial charge is 0.191 e. The van der Waals surface area contributed by atoms with Crippen LogP contribution in [0.2, 0.25) is 0 Å². The number of ether oxygens (including phenoxy) is 1. The third-order valence-corrected chi connectivity index (χ3v) is 5.72. The van der Waals surface area contributed by atoms with Crippen LogP contribution in [0.15, 0.2) is 48.0 Å². The highest BCUT2D eigenvalue weighted by molar-refractivity contribution is 14.0. The molecule has 1 heterocycles. The van der Waals surface area contributed by atoms with E-state index >= 15 is 0 Å². The molecule has 1 fully saturated rings. The van der Waals surface area contributed by atoms with Crippen molar-refractivity contribution in [3.63, 3.8) is 0 Å². The Kier molecular flexibility index (Phi) is 9.93. The summed E-state index contributed by atoms with van der Waals surface area (Å²) < 4.78 is 7.66. The molecular formula is C22H34IN5O. The molecule has 160 valence electrons. The minimum absolute atomic E-state index is 0. The summed E-state index contributed by atoms with van der Waals surface area (Å²) >= 11 is 0. The van der Waals surface area contributed by atoms with Crippen LogP contribution >= 0.6 is 24.0 Å². The Morgan fingerprint density at radius 2 is 2.03 bits per heavy atom. The molecule has 3 rings (SSSR count). The van der Waals surface area contributed by atoms with Gasteiger partial charge in [-0.05, 0) is 43.2 Å². The van der Waals surface area contributed by atoms with E-state index in [1.165, 1.54) is 31.2 Å². The minimum Gasteiger partial charge on any atom is -0.382 e. The fourth-order valence-electron chi connectivity index (χ4n) is 4.06. The summed E-state index contributed by atoms with van der Waals surface area (Å²) in [5.41, 5.74) is 2.67. The van der Waals surface area contributed by atoms with Gasteiger partial charge in [0.2, 0.25) is 0 Å². The van der Waals surface area contributed by atoms with Crippen LogP contribution in [-0.2, 0) is 11.3 Å². The van der Waals surface area contributed by atoms with Gasteiger partial charge in [0.05, 0.1) is 12.0 Å². The molecule has 1 aromatic carbocycles. The van der Waals surface area contributed by atoms with Gasteiger partial charge in [-0.2, -0.15) is 0 Å². The normalized spacial score (nSPS) is 15.7. The van der Waals surface area contributed by atoms with Crippen molar-refractivity contribution in [2.75, 3.05) is 26.8 Å². The van der Waals surface area contributed by atoms with Gasteiger partial charge in [-0.3, -0.25) is 4.99 Å². The van der Waals surface area contributed by atoms with Gasteiger partial charge >= 0.3 is 0 Å². The Morgan fingerprint density at radius 3 is 2.72 bits per heavy atom. The van der Waals surface area contributed by atoms with Crippen molar-refractivity contribution in [3.8, 4) is 5.69 Å². The number of aromatic nitrogens is 2. The topological polar surface area (TPSA) is 63.5 Å². The maximum atomic E-state index is 5.63. The highest BCUT2D eigenvalue weighted by Crippen LogP contribution is 2.40. The van der Waals surface area contributed by atoms with Gasteiger partial charge in [-0.1, -0.05) is 31.0 Å². The average Bonchev–Trinajstić information content (AvgIpc) is 3.41. The van der Waals surface area contributed by atoms with Crippen molar-refractivity contribution in [3.05, 3.63) is 48.5 Å². The zero-order valence-electron chi connectivity index (χ0n) is 17.6. The van der Waals surface area contributed by atoms with Crippen molar-refractivity contribution in [1.29, 1.82) is 0 Å². The number of hydrogen-bond donors (Lipinski definition) is 2. The summed E-state index contributed by atoms with van der Waals surface area (Å²) in [4.78, 5) is 8.59. The molecule has 0 atom stereocenters. The van der Waals surface area contributed by atoms with E-state index in [4.69, 9.17) is 4.74 Å². The van der Waals surface area contributed by atoms with E-state index in [0.717, 1.165) is 37.8 Å². The molecule has 29 heavy (non-hydrogen) atoms. The second-order valence-corrected chi connectivity index (χ2v) is 7.53. The van der Waals surface area contributed by atoms with Gasteiger partial charge in [-0.15, -0.1) is 24.0 Å². The maximum absolute atomic E-state index is 5.63. The molecule has 0 radical (unpaired) electrons. The van der Waals surface area contributed by atoms with E-state index in [1.807, 2.05) is 30.2 Å². The SMILES string of the molecule is CCOCCC1(CNC(=NC)NCc2ccccc2-n2ccnc2)CCCC1.I. The van der Waals surface area contributed by atoms with Crippen LogP contribution in [0.25, 0.3) is 5.69 Å². The molecule has 0 unspecified atom stereocenters. The molecule has 1 aliphatic rings. The number of imidazole rings is 1. The number of nitrogens with zero attached hydrogens (tertiary/aromatic N) is 3. The Balaban J connectivity index is 0.00000300. The highest BCUT2D eigenvalue weighted by Gasteiger charge is 2.33. The molecule has 2 N–H and O–H groups in total. The molecule has 0 spiro atoms. The molecule has 1 saturated carbocycles. The van der Waals surface area contributed by atoms with Crippen LogP contribution in [0.1, 0.15) is 44.6 Å². The largest absolute Gasteiger partial charge is 0.382 e. The van der Waals surface area contributed by atoms with Crippen molar-refractivity contribution >= 4 is 29.9 Å². The summed E-state index contributed by atoms with van der Waals surface area (Å²) in [6, 6.07) is 8.36. The number of para-hydroxylation sites is 1. The van der Waals surface area contributed by atoms with Crippen LogP contribution in [0, 0.1) is 5.41 Å². The van der Waals surface area contributed by atoms with Crippen molar-refractivity contribution in [2.45, 2.75) is 45.6 Å². The standard InChI is InChI=1S/C22H33N5O.HI/c1-3-28-15-12-22(10-6-7-11-22)17-26-21(23-2)25-16-19-8-4-5-9-20(19)27-14-13-24-18-27;/h4-5,8-9,13-14,18H,3,6-7,10-12,15-17H2,1-2H3,(H2,23,25,26);1H. The molecule has 0 bridgehead atoms. The minimum atomic E-state index is 0. The van der Waals surface area contributed by atoms with Crippen molar-refractivity contribution in [1.82, 2.24) is 20.2 Å². The summed E-state index contributed by atoms with van der Waals surface area (Å²) in [5, 5.41) is 7.04. The fourth-order valence-corrected chi connectivity index (χ4v) is 4.06. The summed E-state index contributed by atoms with van der Waals surface area (Å²) in [6.07, 6.45) is 11.9. The number of hydrogen-bond acceptors (Lipinski definition) is 3. The first-order valence-corrected chi connectivity index (χ1v) is 10.3. The van der Waals surface area contributed by atoms with Crippen LogP contribution in [-0.4, -0.2) is 42.3 Å². The van der Waals surface area contributed by atoms with Crippen LogP contribution < -0.4 is 10.6 Å². The second-order valence-electron chi connectivity index (χ2n) is 7.53. The monoisotopic (exact) mass is 511 g/mol. The van der Waals surface area contributed by atoms with E-state index in [1.54, 1.807) is 6.20 Å². The number of nitrogens with one attached hydrogen (secondary N) is 2. The van der Waals surface area contributed by atoms with E-state index in [9.17, 15) is 0 Å². The van der Waals surface area contributed by atoms with Crippen LogP contribution in [0.3, 0.4) is 0 Å². The predicted molar refractivity (Wildman–Crippen MR) is 129 cm³/mol. The van der Waals surface area contributed by atoms with Crippen molar-refractivity contribution in [2.24, 2.45) is 10.4 Å². The van der Waals surface area contributed by atoms with Gasteiger partial charge < -0.3 is 19.9 Å². The first-order valence-electron chi connectivity index (χ1n) is 10.3. The lowest BCUT2D eigenvalue weighted by atomic mass is 9.83. The summed E-state index contributed by atoms with van der Waals surface area (Å²) in [6.45, 7) is 5.36. The summed E-state index contributed by atoms with van der Waals surface area (Å²) in [7, 11) is 1.83. The predicted octanol–water partition coefficient (Wildman–Crippen LogP) is 4.14. The lowest BCUT2D eigenvalue weighted by Gasteiger charge is -2.30. The third kappa shape index (κ3) is 6.70. The highest BCUT2D eigenvalue weighted by atomic mass is 127. The zero-order chi connectivity index (χ0) is 19.7. The van der Waals surface area contributed by atoms with Gasteiger partial charge in [0.15, 0.2) is 5.96 Å². The van der Waals surface area contributed by atoms with E-state index in [-0.39, 0.29) is 24.0 Å². The number of aliphatic imine (C=N–C) groups is 1. The Hall–Kier alpha value is -1.61. The first kappa shape index (κ1) is 23.7. The molecule has 1 aliphatic carbocycles. The molecular weight excluding hydrogens is 477 g/mol. The van der Waals surface area contributed by atoms with Gasteiger partial charge in [0.1, 0.15) is 0 Å². The molecule has 6 nitrogen and oxygen atoms in total. The van der Waals surface area contributed by atoms with E-state index in [0.29, 0.717) is 12.0 Å². The fraction of sp³-hybridized carbons (Fsp3) is 0.545. The van der Waals surface area contributed by atoms with Gasteiger partial charge in [0, 0.05) is 45.7 Å². The Morgan fingerprint density at radius 1 is 1.24 bits per heavy atom. The molecule has 0 aliphatic heterocycles. The average molecular weight is 511 g/mol. The maximum Gasteiger partial charge on any atom is 0.191 e. The second kappa shape index (κ2) is 12.2. The van der Waals surface area contributed by atoms with Crippen LogP contribution in [0.5, 0.6) is 0 Å². The number of halogens is 1. The van der Waals surface area contributed by atoms with Gasteiger partial charge in [0.25, 0.3) is 0 Å². The third-order valence-electron chi connectivity index (χ3n) is 5.72. The van der Waals surface area contributed by atoms with E-state index in [2.05, 4.69) is 45.7 Å². The number of rotatable bonds is 9.